The molecule has 0 spiro atoms. The van der Waals surface area contributed by atoms with Crippen molar-refractivity contribution in [2.75, 3.05) is 51.4 Å². The first kappa shape index (κ1) is 20.9. The van der Waals surface area contributed by atoms with Gasteiger partial charge in [-0.1, -0.05) is 0 Å². The van der Waals surface area contributed by atoms with Gasteiger partial charge >= 0.3 is 5.97 Å². The molecular weight excluding hydrogens is 346 g/mol. The van der Waals surface area contributed by atoms with Gasteiger partial charge in [0.1, 0.15) is 6.54 Å². The zero-order valence-electron chi connectivity index (χ0n) is 15.0. The number of anilines is 1. The average Bonchev–Trinajstić information content (AvgIpc) is 2.55. The molecule has 0 unspecified atom stereocenters. The van der Waals surface area contributed by atoms with Crippen LogP contribution in [0, 0.1) is 0 Å². The lowest BCUT2D eigenvalue weighted by Gasteiger charge is -2.22. The molecule has 0 saturated heterocycles. The SMILES string of the molecule is COC(=O)c1ccc(N(CC(=O)NCCCN(C)C)S(C)(=O)=O)cc1. The van der Waals surface area contributed by atoms with E-state index in [1.165, 1.54) is 31.4 Å². The topological polar surface area (TPSA) is 96.0 Å². The summed E-state index contributed by atoms with van der Waals surface area (Å²) >= 11 is 0. The number of benzene rings is 1. The third-order valence-electron chi connectivity index (χ3n) is 3.37. The van der Waals surface area contributed by atoms with Crippen molar-refractivity contribution in [3.63, 3.8) is 0 Å². The number of sulfonamides is 1. The first-order valence-corrected chi connectivity index (χ1v) is 9.57. The van der Waals surface area contributed by atoms with Gasteiger partial charge in [0.2, 0.25) is 15.9 Å². The maximum atomic E-state index is 12.0. The Kier molecular flexibility index (Phi) is 7.85. The summed E-state index contributed by atoms with van der Waals surface area (Å²) in [7, 11) is 1.49. The lowest BCUT2D eigenvalue weighted by molar-refractivity contribution is -0.119. The molecule has 0 atom stereocenters. The van der Waals surface area contributed by atoms with Crippen LogP contribution in [0.1, 0.15) is 16.8 Å². The van der Waals surface area contributed by atoms with E-state index >= 15 is 0 Å². The van der Waals surface area contributed by atoms with Crippen LogP contribution in [-0.4, -0.2) is 72.3 Å². The van der Waals surface area contributed by atoms with Gasteiger partial charge in [0, 0.05) is 6.54 Å². The van der Waals surface area contributed by atoms with Gasteiger partial charge in [-0.25, -0.2) is 13.2 Å². The van der Waals surface area contributed by atoms with Gasteiger partial charge in [-0.3, -0.25) is 9.10 Å². The van der Waals surface area contributed by atoms with Gasteiger partial charge in [-0.05, 0) is 51.3 Å². The molecule has 0 aliphatic heterocycles. The standard InChI is InChI=1S/C16H25N3O5S/c1-18(2)11-5-10-17-15(20)12-19(25(4,22)23)14-8-6-13(7-9-14)16(21)24-3/h6-9H,5,10-12H2,1-4H3,(H,17,20). The summed E-state index contributed by atoms with van der Waals surface area (Å²) in [5.41, 5.74) is 0.603. The molecule has 1 N–H and O–H groups in total. The van der Waals surface area contributed by atoms with Crippen LogP contribution in [0.3, 0.4) is 0 Å². The van der Waals surface area contributed by atoms with Crippen molar-refractivity contribution in [3.8, 4) is 0 Å². The van der Waals surface area contributed by atoms with Crippen molar-refractivity contribution in [2.24, 2.45) is 0 Å². The summed E-state index contributed by atoms with van der Waals surface area (Å²) in [6, 6.07) is 5.84. The van der Waals surface area contributed by atoms with Gasteiger partial charge < -0.3 is 15.0 Å². The van der Waals surface area contributed by atoms with Crippen LogP contribution in [0.4, 0.5) is 5.69 Å². The van der Waals surface area contributed by atoms with Crippen molar-refractivity contribution < 1.29 is 22.7 Å². The predicted molar refractivity (Wildman–Crippen MR) is 96.2 cm³/mol. The highest BCUT2D eigenvalue weighted by atomic mass is 32.2. The number of hydrogen-bond donors (Lipinski definition) is 1. The molecule has 1 rings (SSSR count). The Morgan fingerprint density at radius 2 is 1.76 bits per heavy atom. The number of nitrogens with zero attached hydrogens (tertiary/aromatic N) is 2. The van der Waals surface area contributed by atoms with Crippen LogP contribution in [0.5, 0.6) is 0 Å². The van der Waals surface area contributed by atoms with Crippen LogP contribution in [0.25, 0.3) is 0 Å². The van der Waals surface area contributed by atoms with Crippen LogP contribution < -0.4 is 9.62 Å². The van der Waals surface area contributed by atoms with Crippen molar-refractivity contribution in [3.05, 3.63) is 29.8 Å². The number of hydrogen-bond acceptors (Lipinski definition) is 6. The van der Waals surface area contributed by atoms with Gasteiger partial charge in [0.25, 0.3) is 0 Å². The summed E-state index contributed by atoms with van der Waals surface area (Å²) in [5.74, 6) is -0.905. The number of ether oxygens (including phenoxy) is 1. The van der Waals surface area contributed by atoms with E-state index in [0.717, 1.165) is 23.5 Å². The Balaban J connectivity index is 2.78. The van der Waals surface area contributed by atoms with E-state index in [1.54, 1.807) is 0 Å². The van der Waals surface area contributed by atoms with E-state index in [2.05, 4.69) is 10.1 Å². The van der Waals surface area contributed by atoms with E-state index in [4.69, 9.17) is 0 Å². The Hall–Kier alpha value is -2.13. The highest BCUT2D eigenvalue weighted by Gasteiger charge is 2.21. The number of methoxy groups -OCH3 is 1. The lowest BCUT2D eigenvalue weighted by Crippen LogP contribution is -2.41. The van der Waals surface area contributed by atoms with Crippen LogP contribution >= 0.6 is 0 Å². The van der Waals surface area contributed by atoms with Crippen LogP contribution in [0.15, 0.2) is 24.3 Å². The molecule has 0 radical (unpaired) electrons. The predicted octanol–water partition coefficient (Wildman–Crippen LogP) is 0.307. The van der Waals surface area contributed by atoms with E-state index in [1.807, 2.05) is 19.0 Å². The van der Waals surface area contributed by atoms with E-state index in [9.17, 15) is 18.0 Å². The Morgan fingerprint density at radius 1 is 1.16 bits per heavy atom. The van der Waals surface area contributed by atoms with Crippen molar-refractivity contribution in [1.29, 1.82) is 0 Å². The van der Waals surface area contributed by atoms with Crippen LogP contribution in [0.2, 0.25) is 0 Å². The molecule has 0 aromatic heterocycles. The Labute approximate surface area is 148 Å². The normalized spacial score (nSPS) is 11.2. The van der Waals surface area contributed by atoms with Crippen molar-refractivity contribution in [2.45, 2.75) is 6.42 Å². The fraction of sp³-hybridized carbons (Fsp3) is 0.500. The molecule has 140 valence electrons. The lowest BCUT2D eigenvalue weighted by atomic mass is 10.2. The summed E-state index contributed by atoms with van der Waals surface area (Å²) < 4.78 is 29.6. The Bertz CT molecular complexity index is 686. The molecule has 0 fully saturated rings. The minimum absolute atomic E-state index is 0.299. The van der Waals surface area contributed by atoms with Gasteiger partial charge in [0.05, 0.1) is 24.6 Å². The zero-order valence-corrected chi connectivity index (χ0v) is 15.8. The maximum absolute atomic E-state index is 12.0. The number of carbonyl (C=O) groups is 2. The molecule has 1 aromatic rings. The fourth-order valence-electron chi connectivity index (χ4n) is 2.09. The molecule has 0 aliphatic carbocycles. The van der Waals surface area contributed by atoms with E-state index < -0.39 is 16.0 Å². The Morgan fingerprint density at radius 3 is 2.24 bits per heavy atom. The zero-order chi connectivity index (χ0) is 19.0. The molecular formula is C16H25N3O5S. The molecule has 25 heavy (non-hydrogen) atoms. The third kappa shape index (κ3) is 7.10. The number of amides is 1. The molecule has 0 heterocycles. The number of esters is 1. The number of carbonyl (C=O) groups excluding carboxylic acids is 2. The molecule has 9 heteroatoms. The number of nitrogens with one attached hydrogen (secondary N) is 1. The van der Waals surface area contributed by atoms with E-state index in [-0.39, 0.29) is 12.5 Å². The van der Waals surface area contributed by atoms with Crippen molar-refractivity contribution in [1.82, 2.24) is 10.2 Å². The minimum atomic E-state index is -3.65. The summed E-state index contributed by atoms with van der Waals surface area (Å²) in [4.78, 5) is 25.5. The monoisotopic (exact) mass is 371 g/mol. The highest BCUT2D eigenvalue weighted by Crippen LogP contribution is 2.18. The minimum Gasteiger partial charge on any atom is -0.465 e. The number of rotatable bonds is 9. The summed E-state index contributed by atoms with van der Waals surface area (Å²) in [6.45, 7) is 0.972. The molecule has 1 amide bonds. The first-order chi connectivity index (χ1) is 11.6. The van der Waals surface area contributed by atoms with Crippen molar-refractivity contribution >= 4 is 27.6 Å². The summed E-state index contributed by atoms with van der Waals surface area (Å²) in [6.07, 6.45) is 1.80. The molecule has 1 aromatic carbocycles. The maximum Gasteiger partial charge on any atom is 0.337 e. The molecule has 8 nitrogen and oxygen atoms in total. The highest BCUT2D eigenvalue weighted by molar-refractivity contribution is 7.92. The largest absolute Gasteiger partial charge is 0.465 e. The third-order valence-corrected chi connectivity index (χ3v) is 4.51. The average molecular weight is 371 g/mol. The fourth-order valence-corrected chi connectivity index (χ4v) is 2.95. The molecule has 0 bridgehead atoms. The second kappa shape index (κ2) is 9.38. The van der Waals surface area contributed by atoms with Gasteiger partial charge in [0.15, 0.2) is 0 Å². The second-order valence-corrected chi connectivity index (χ2v) is 7.72. The van der Waals surface area contributed by atoms with Gasteiger partial charge in [-0.15, -0.1) is 0 Å². The molecule has 0 aliphatic rings. The smallest absolute Gasteiger partial charge is 0.337 e. The quantitative estimate of drug-likeness (QED) is 0.496. The second-order valence-electron chi connectivity index (χ2n) is 5.81. The summed E-state index contributed by atoms with van der Waals surface area (Å²) in [5, 5.41) is 2.70. The molecule has 0 saturated carbocycles. The van der Waals surface area contributed by atoms with E-state index in [0.29, 0.717) is 17.8 Å². The van der Waals surface area contributed by atoms with Crippen LogP contribution in [-0.2, 0) is 19.6 Å². The van der Waals surface area contributed by atoms with Gasteiger partial charge in [-0.2, -0.15) is 0 Å². The first-order valence-electron chi connectivity index (χ1n) is 7.72.